The van der Waals surface area contributed by atoms with Crippen LogP contribution >= 0.6 is 0 Å². The Kier molecular flexibility index (Phi) is 7.06. The molecule has 0 radical (unpaired) electrons. The summed E-state index contributed by atoms with van der Waals surface area (Å²) in [6.45, 7) is 5.30. The van der Waals surface area contributed by atoms with Gasteiger partial charge >= 0.3 is 5.97 Å². The molecule has 4 rings (SSSR count). The van der Waals surface area contributed by atoms with E-state index in [1.807, 2.05) is 24.3 Å². The third-order valence-corrected chi connectivity index (χ3v) is 6.97. The van der Waals surface area contributed by atoms with Gasteiger partial charge in [0.25, 0.3) is 0 Å². The van der Waals surface area contributed by atoms with Gasteiger partial charge in [-0.05, 0) is 84.3 Å². The van der Waals surface area contributed by atoms with Crippen molar-refractivity contribution in [1.29, 1.82) is 0 Å². The number of aromatic hydroxyl groups is 1. The molecule has 3 aromatic carbocycles. The van der Waals surface area contributed by atoms with E-state index >= 15 is 0 Å². The molecule has 0 bridgehead atoms. The van der Waals surface area contributed by atoms with Gasteiger partial charge in [0.05, 0.1) is 5.54 Å². The molecule has 1 aliphatic heterocycles. The number of carbonyl (C=O) groups is 1. The lowest BCUT2D eigenvalue weighted by molar-refractivity contribution is -0.131. The lowest BCUT2D eigenvalue weighted by Gasteiger charge is -2.48. The topological polar surface area (TPSA) is 60.8 Å². The first-order chi connectivity index (χ1) is 16.4. The first kappa shape index (κ1) is 23.6. The number of hydrogen-bond donors (Lipinski definition) is 2. The summed E-state index contributed by atoms with van der Waals surface area (Å²) in [7, 11) is 0. The van der Waals surface area contributed by atoms with Crippen LogP contribution in [0.2, 0.25) is 0 Å². The molecule has 4 nitrogen and oxygen atoms in total. The number of fused-ring (bicyclic) bond motifs is 1. The molecule has 4 heteroatoms. The molecule has 1 unspecified atom stereocenters. The highest BCUT2D eigenvalue weighted by Crippen LogP contribution is 2.44. The third-order valence-electron chi connectivity index (χ3n) is 6.97. The van der Waals surface area contributed by atoms with Crippen molar-refractivity contribution in [3.63, 3.8) is 0 Å². The van der Waals surface area contributed by atoms with Gasteiger partial charge in [0.1, 0.15) is 5.75 Å². The number of carboxylic acid groups (broad SMARTS) is 1. The van der Waals surface area contributed by atoms with Gasteiger partial charge in [0, 0.05) is 18.3 Å². The number of aryl methyl sites for hydroxylation is 1. The number of carboxylic acids is 1. The van der Waals surface area contributed by atoms with Gasteiger partial charge in [-0.25, -0.2) is 4.79 Å². The third kappa shape index (κ3) is 4.86. The van der Waals surface area contributed by atoms with E-state index in [1.54, 1.807) is 12.1 Å². The molecule has 0 spiro atoms. The lowest BCUT2D eigenvalue weighted by atomic mass is 9.76. The van der Waals surface area contributed by atoms with Crippen molar-refractivity contribution in [3.05, 3.63) is 101 Å². The Bertz CT molecular complexity index is 1160. The second kappa shape index (κ2) is 10.2. The zero-order chi connectivity index (χ0) is 24.1. The lowest BCUT2D eigenvalue weighted by Crippen LogP contribution is -2.49. The summed E-state index contributed by atoms with van der Waals surface area (Å²) in [5.41, 5.74) is 6.42. The standard InChI is InChI=1S/C30H33NO3/c1-3-4-5-6-22-9-14-26(15-10-22)31-20-19-24-21-27(32)16-17-28(24)30(31,2)25-12-7-23(8-13-25)11-18-29(33)34/h7-18,21,32H,3-6,19-20H2,1-2H3,(H,33,34)/b18-11+. The van der Waals surface area contributed by atoms with Crippen molar-refractivity contribution in [1.82, 2.24) is 0 Å². The first-order valence-electron chi connectivity index (χ1n) is 12.1. The summed E-state index contributed by atoms with van der Waals surface area (Å²) in [6, 6.07) is 22.7. The Morgan fingerprint density at radius 2 is 1.76 bits per heavy atom. The summed E-state index contributed by atoms with van der Waals surface area (Å²) in [6.07, 6.45) is 8.43. The Morgan fingerprint density at radius 1 is 1.03 bits per heavy atom. The zero-order valence-corrected chi connectivity index (χ0v) is 20.0. The van der Waals surface area contributed by atoms with Crippen molar-refractivity contribution >= 4 is 17.7 Å². The quantitative estimate of drug-likeness (QED) is 0.299. The van der Waals surface area contributed by atoms with Gasteiger partial charge in [0.2, 0.25) is 0 Å². The van der Waals surface area contributed by atoms with Crippen LogP contribution in [-0.4, -0.2) is 22.7 Å². The molecule has 3 aromatic rings. The molecule has 1 aliphatic rings. The number of phenols is 1. The van der Waals surface area contributed by atoms with Crippen molar-refractivity contribution in [2.24, 2.45) is 0 Å². The molecule has 0 amide bonds. The van der Waals surface area contributed by atoms with E-state index in [0.717, 1.165) is 42.2 Å². The Labute approximate surface area is 202 Å². The fourth-order valence-corrected chi connectivity index (χ4v) is 5.07. The minimum atomic E-state index is -0.957. The highest BCUT2D eigenvalue weighted by atomic mass is 16.4. The number of nitrogens with zero attached hydrogens (tertiary/aromatic N) is 1. The maximum atomic E-state index is 10.9. The maximum absolute atomic E-state index is 10.9. The van der Waals surface area contributed by atoms with Crippen molar-refractivity contribution in [3.8, 4) is 5.75 Å². The van der Waals surface area contributed by atoms with Crippen LogP contribution < -0.4 is 4.90 Å². The van der Waals surface area contributed by atoms with Crippen molar-refractivity contribution in [2.45, 2.75) is 51.5 Å². The molecular weight excluding hydrogens is 422 g/mol. The predicted molar refractivity (Wildman–Crippen MR) is 138 cm³/mol. The molecule has 0 aliphatic carbocycles. The largest absolute Gasteiger partial charge is 0.508 e. The average Bonchev–Trinajstić information content (AvgIpc) is 2.84. The summed E-state index contributed by atoms with van der Waals surface area (Å²) < 4.78 is 0. The fraction of sp³-hybridized carbons (Fsp3) is 0.300. The van der Waals surface area contributed by atoms with E-state index in [0.29, 0.717) is 5.75 Å². The van der Waals surface area contributed by atoms with Gasteiger partial charge < -0.3 is 15.1 Å². The molecule has 1 heterocycles. The molecular formula is C30H33NO3. The number of rotatable bonds is 8. The second-order valence-electron chi connectivity index (χ2n) is 9.23. The number of aliphatic carboxylic acids is 1. The van der Waals surface area contributed by atoms with Crippen molar-refractivity contribution in [2.75, 3.05) is 11.4 Å². The minimum absolute atomic E-state index is 0.292. The van der Waals surface area contributed by atoms with Crippen LogP contribution in [0.3, 0.4) is 0 Å². The van der Waals surface area contributed by atoms with Crippen molar-refractivity contribution < 1.29 is 15.0 Å². The highest BCUT2D eigenvalue weighted by Gasteiger charge is 2.40. The Balaban J connectivity index is 1.73. The van der Waals surface area contributed by atoms with Crippen LogP contribution in [0.25, 0.3) is 6.08 Å². The summed E-state index contributed by atoms with van der Waals surface area (Å²) in [5, 5.41) is 19.0. The molecule has 0 saturated carbocycles. The SMILES string of the molecule is CCCCCc1ccc(N2CCc3cc(O)ccc3C2(C)c2ccc(/C=C/C(=O)O)cc2)cc1. The van der Waals surface area contributed by atoms with E-state index in [-0.39, 0.29) is 0 Å². The van der Waals surface area contributed by atoms with Crippen LogP contribution in [0.1, 0.15) is 60.9 Å². The number of benzene rings is 3. The molecule has 0 aromatic heterocycles. The smallest absolute Gasteiger partial charge is 0.328 e. The number of hydrogen-bond acceptors (Lipinski definition) is 3. The zero-order valence-electron chi connectivity index (χ0n) is 20.0. The van der Waals surface area contributed by atoms with Gasteiger partial charge in [0.15, 0.2) is 0 Å². The molecule has 0 fully saturated rings. The minimum Gasteiger partial charge on any atom is -0.508 e. The maximum Gasteiger partial charge on any atom is 0.328 e. The summed E-state index contributed by atoms with van der Waals surface area (Å²) in [5.74, 6) is -0.665. The second-order valence-corrected chi connectivity index (χ2v) is 9.23. The molecule has 176 valence electrons. The van der Waals surface area contributed by atoms with Crippen LogP contribution in [0.15, 0.2) is 72.8 Å². The van der Waals surface area contributed by atoms with Crippen LogP contribution in [0, 0.1) is 0 Å². The normalized spacial score (nSPS) is 17.6. The summed E-state index contributed by atoms with van der Waals surface area (Å²) in [4.78, 5) is 13.3. The van der Waals surface area contributed by atoms with E-state index in [1.165, 1.54) is 36.1 Å². The number of unbranched alkanes of at least 4 members (excludes halogenated alkanes) is 2. The highest BCUT2D eigenvalue weighted by molar-refractivity contribution is 5.85. The predicted octanol–water partition coefficient (Wildman–Crippen LogP) is 6.55. The molecule has 0 saturated heterocycles. The monoisotopic (exact) mass is 455 g/mol. The van der Waals surface area contributed by atoms with E-state index in [2.05, 4.69) is 55.1 Å². The Morgan fingerprint density at radius 3 is 2.44 bits per heavy atom. The molecule has 34 heavy (non-hydrogen) atoms. The van der Waals surface area contributed by atoms with Gasteiger partial charge in [-0.15, -0.1) is 0 Å². The number of phenolic OH excluding ortho intramolecular Hbond substituents is 1. The van der Waals surface area contributed by atoms with Crippen LogP contribution in [0.5, 0.6) is 5.75 Å². The first-order valence-corrected chi connectivity index (χ1v) is 12.1. The molecule has 2 N–H and O–H groups in total. The number of anilines is 1. The Hall–Kier alpha value is -3.53. The van der Waals surface area contributed by atoms with Gasteiger partial charge in [-0.2, -0.15) is 0 Å². The van der Waals surface area contributed by atoms with Gasteiger partial charge in [-0.3, -0.25) is 0 Å². The van der Waals surface area contributed by atoms with E-state index < -0.39 is 11.5 Å². The van der Waals surface area contributed by atoms with E-state index in [4.69, 9.17) is 5.11 Å². The average molecular weight is 456 g/mol. The van der Waals surface area contributed by atoms with Crippen LogP contribution in [-0.2, 0) is 23.2 Å². The van der Waals surface area contributed by atoms with Crippen LogP contribution in [0.4, 0.5) is 5.69 Å². The summed E-state index contributed by atoms with van der Waals surface area (Å²) >= 11 is 0. The van der Waals surface area contributed by atoms with E-state index in [9.17, 15) is 9.90 Å². The fourth-order valence-electron chi connectivity index (χ4n) is 5.07. The van der Waals surface area contributed by atoms with Gasteiger partial charge in [-0.1, -0.05) is 62.2 Å². The molecule has 1 atom stereocenters.